The van der Waals surface area contributed by atoms with E-state index in [4.69, 9.17) is 0 Å². The molecule has 3 rings (SSSR count). The number of carbonyl (C=O) groups is 1. The lowest BCUT2D eigenvalue weighted by Crippen LogP contribution is -2.29. The number of fused-ring (bicyclic) bond motifs is 1. The molecule has 1 N–H and O–H groups in total. The zero-order chi connectivity index (χ0) is 16.4. The van der Waals surface area contributed by atoms with E-state index in [2.05, 4.69) is 39.1 Å². The highest BCUT2D eigenvalue weighted by Crippen LogP contribution is 2.23. The molecule has 1 atom stereocenters. The van der Waals surface area contributed by atoms with E-state index in [1.807, 2.05) is 23.6 Å². The third-order valence-electron chi connectivity index (χ3n) is 3.52. The van der Waals surface area contributed by atoms with Gasteiger partial charge in [-0.1, -0.05) is 0 Å². The van der Waals surface area contributed by atoms with Crippen molar-refractivity contribution < 1.29 is 4.79 Å². The van der Waals surface area contributed by atoms with E-state index in [0.717, 1.165) is 17.0 Å². The summed E-state index contributed by atoms with van der Waals surface area (Å²) < 4.78 is 2.04. The molecule has 0 fully saturated rings. The summed E-state index contributed by atoms with van der Waals surface area (Å²) in [4.78, 5) is 29.2. The predicted octanol–water partition coefficient (Wildman–Crippen LogP) is 2.29. The van der Waals surface area contributed by atoms with Crippen molar-refractivity contribution in [3.63, 3.8) is 0 Å². The summed E-state index contributed by atoms with van der Waals surface area (Å²) in [6, 6.07) is 3.68. The molecule has 0 saturated carbocycles. The van der Waals surface area contributed by atoms with Crippen LogP contribution in [0.2, 0.25) is 0 Å². The minimum absolute atomic E-state index is 0.181. The number of hydrogen-bond acceptors (Lipinski definition) is 5. The summed E-state index contributed by atoms with van der Waals surface area (Å²) in [7, 11) is 0. The van der Waals surface area contributed by atoms with E-state index in [1.165, 1.54) is 18.6 Å². The number of rotatable bonds is 4. The number of nitrogens with zero attached hydrogens (tertiary/aromatic N) is 5. The Kier molecular flexibility index (Phi) is 4.01. The summed E-state index contributed by atoms with van der Waals surface area (Å²) in [5.41, 5.74) is 1.92. The molecule has 0 saturated heterocycles. The normalized spacial score (nSPS) is 12.5. The summed E-state index contributed by atoms with van der Waals surface area (Å²) in [5, 5.41) is 2.92. The Labute approximate surface area is 133 Å². The van der Waals surface area contributed by atoms with E-state index < -0.39 is 0 Å². The Morgan fingerprint density at radius 3 is 2.70 bits per heavy atom. The number of pyridine rings is 1. The van der Waals surface area contributed by atoms with Gasteiger partial charge in [0, 0.05) is 24.6 Å². The molecular formula is C16H18N6O. The average Bonchev–Trinajstić information content (AvgIpc) is 2.95. The van der Waals surface area contributed by atoms with Gasteiger partial charge in [0.15, 0.2) is 5.65 Å². The highest BCUT2D eigenvalue weighted by Gasteiger charge is 2.21. The van der Waals surface area contributed by atoms with E-state index in [-0.39, 0.29) is 23.7 Å². The standard InChI is InChI=1S/C16H18N6O/c1-10(2)22-14(21-12-5-4-6-19-15(12)22)11(3)20-16(23)13-9-17-7-8-18-13/h4-11H,1-3H3,(H,20,23)/t11-/m1/s1. The Morgan fingerprint density at radius 2 is 2.00 bits per heavy atom. The van der Waals surface area contributed by atoms with E-state index >= 15 is 0 Å². The fraction of sp³-hybridized carbons (Fsp3) is 0.312. The molecule has 1 amide bonds. The largest absolute Gasteiger partial charge is 0.341 e. The molecular weight excluding hydrogens is 292 g/mol. The van der Waals surface area contributed by atoms with Gasteiger partial charge in [0.05, 0.1) is 12.2 Å². The Hall–Kier alpha value is -2.83. The molecule has 0 aliphatic carbocycles. The van der Waals surface area contributed by atoms with Crippen molar-refractivity contribution in [3.8, 4) is 0 Å². The van der Waals surface area contributed by atoms with E-state index in [9.17, 15) is 4.79 Å². The van der Waals surface area contributed by atoms with Crippen molar-refractivity contribution >= 4 is 17.1 Å². The molecule has 118 valence electrons. The van der Waals surface area contributed by atoms with Crippen LogP contribution in [0, 0.1) is 0 Å². The third-order valence-corrected chi connectivity index (χ3v) is 3.52. The number of aromatic nitrogens is 5. The molecule has 23 heavy (non-hydrogen) atoms. The number of imidazole rings is 1. The first kappa shape index (κ1) is 15.1. The summed E-state index contributed by atoms with van der Waals surface area (Å²) in [6.07, 6.45) is 6.21. The molecule has 3 heterocycles. The molecule has 0 spiro atoms. The highest BCUT2D eigenvalue weighted by molar-refractivity contribution is 5.92. The quantitative estimate of drug-likeness (QED) is 0.799. The topological polar surface area (TPSA) is 85.6 Å². The van der Waals surface area contributed by atoms with Crippen LogP contribution in [0.15, 0.2) is 36.9 Å². The molecule has 7 nitrogen and oxygen atoms in total. The Bertz CT molecular complexity index is 827. The first-order valence-corrected chi connectivity index (χ1v) is 7.47. The highest BCUT2D eigenvalue weighted by atomic mass is 16.1. The van der Waals surface area contributed by atoms with Crippen molar-refractivity contribution in [1.82, 2.24) is 29.8 Å². The van der Waals surface area contributed by atoms with Crippen LogP contribution in [0.4, 0.5) is 0 Å². The summed E-state index contributed by atoms with van der Waals surface area (Å²) >= 11 is 0. The van der Waals surface area contributed by atoms with Crippen molar-refractivity contribution in [2.24, 2.45) is 0 Å². The summed E-state index contributed by atoms with van der Waals surface area (Å²) in [5.74, 6) is 0.492. The van der Waals surface area contributed by atoms with Crippen molar-refractivity contribution in [2.75, 3.05) is 0 Å². The van der Waals surface area contributed by atoms with Crippen molar-refractivity contribution in [1.29, 1.82) is 0 Å². The molecule has 0 bridgehead atoms. The fourth-order valence-electron chi connectivity index (χ4n) is 2.51. The van der Waals surface area contributed by atoms with Crippen LogP contribution in [0.3, 0.4) is 0 Å². The maximum Gasteiger partial charge on any atom is 0.272 e. The zero-order valence-electron chi connectivity index (χ0n) is 13.3. The lowest BCUT2D eigenvalue weighted by Gasteiger charge is -2.18. The second-order valence-electron chi connectivity index (χ2n) is 5.57. The first-order chi connectivity index (χ1) is 11.1. The Balaban J connectivity index is 1.93. The number of hydrogen-bond donors (Lipinski definition) is 1. The molecule has 3 aromatic heterocycles. The van der Waals surface area contributed by atoms with Gasteiger partial charge in [-0.05, 0) is 32.9 Å². The lowest BCUT2D eigenvalue weighted by molar-refractivity contribution is 0.0932. The minimum Gasteiger partial charge on any atom is -0.341 e. The molecule has 3 aromatic rings. The van der Waals surface area contributed by atoms with Gasteiger partial charge in [-0.2, -0.15) is 0 Å². The molecule has 0 aliphatic rings. The maximum absolute atomic E-state index is 12.3. The van der Waals surface area contributed by atoms with Crippen molar-refractivity contribution in [3.05, 3.63) is 48.4 Å². The van der Waals surface area contributed by atoms with Gasteiger partial charge in [0.2, 0.25) is 0 Å². The molecule has 0 radical (unpaired) electrons. The number of carbonyl (C=O) groups excluding carboxylic acids is 1. The zero-order valence-corrected chi connectivity index (χ0v) is 13.3. The third kappa shape index (κ3) is 2.90. The maximum atomic E-state index is 12.3. The van der Waals surface area contributed by atoms with Gasteiger partial charge in [0.1, 0.15) is 17.0 Å². The van der Waals surface area contributed by atoms with Gasteiger partial charge >= 0.3 is 0 Å². The van der Waals surface area contributed by atoms with E-state index in [1.54, 1.807) is 6.20 Å². The van der Waals surface area contributed by atoms with Gasteiger partial charge in [-0.3, -0.25) is 9.78 Å². The van der Waals surface area contributed by atoms with Crippen LogP contribution in [0.1, 0.15) is 49.2 Å². The second kappa shape index (κ2) is 6.12. The first-order valence-electron chi connectivity index (χ1n) is 7.47. The average molecular weight is 310 g/mol. The second-order valence-corrected chi connectivity index (χ2v) is 5.57. The van der Waals surface area contributed by atoms with Crippen LogP contribution < -0.4 is 5.32 Å². The van der Waals surface area contributed by atoms with Crippen LogP contribution in [0.5, 0.6) is 0 Å². The predicted molar refractivity (Wildman–Crippen MR) is 85.8 cm³/mol. The molecule has 0 aromatic carbocycles. The van der Waals surface area contributed by atoms with Gasteiger partial charge in [-0.15, -0.1) is 0 Å². The monoisotopic (exact) mass is 310 g/mol. The van der Waals surface area contributed by atoms with E-state index in [0.29, 0.717) is 0 Å². The van der Waals surface area contributed by atoms with Crippen LogP contribution in [0.25, 0.3) is 11.2 Å². The van der Waals surface area contributed by atoms with Crippen LogP contribution >= 0.6 is 0 Å². The molecule has 0 unspecified atom stereocenters. The van der Waals surface area contributed by atoms with Crippen molar-refractivity contribution in [2.45, 2.75) is 32.9 Å². The Morgan fingerprint density at radius 1 is 1.17 bits per heavy atom. The van der Waals surface area contributed by atoms with Crippen LogP contribution in [-0.2, 0) is 0 Å². The summed E-state index contributed by atoms with van der Waals surface area (Å²) in [6.45, 7) is 6.03. The molecule has 7 heteroatoms. The fourth-order valence-corrected chi connectivity index (χ4v) is 2.51. The van der Waals surface area contributed by atoms with Crippen LogP contribution in [-0.4, -0.2) is 30.4 Å². The SMILES string of the molecule is CC(C)n1c([C@@H](C)NC(=O)c2cnccn2)nc2cccnc21. The number of nitrogens with one attached hydrogen (secondary N) is 1. The number of amides is 1. The minimum atomic E-state index is -0.277. The van der Waals surface area contributed by atoms with Gasteiger partial charge < -0.3 is 9.88 Å². The lowest BCUT2D eigenvalue weighted by atomic mass is 10.2. The van der Waals surface area contributed by atoms with Gasteiger partial charge in [0.25, 0.3) is 5.91 Å². The molecule has 0 aliphatic heterocycles. The van der Waals surface area contributed by atoms with Gasteiger partial charge in [-0.25, -0.2) is 15.0 Å². The smallest absolute Gasteiger partial charge is 0.272 e.